The standard InChI is InChI=1S/C13H26N4/c1-13(2,3)17-9-8-15-12(17)16-10-11-4-6-14-7-5-11/h11,14H,4-10H2,1-3H3,(H,15,16). The second-order valence-corrected chi connectivity index (χ2v) is 6.10. The first-order valence-electron chi connectivity index (χ1n) is 6.84. The normalized spacial score (nSPS) is 22.8. The lowest BCUT2D eigenvalue weighted by atomic mass is 9.98. The molecule has 4 heteroatoms. The maximum atomic E-state index is 4.58. The van der Waals surface area contributed by atoms with Crippen LogP contribution in [0.25, 0.3) is 0 Å². The Morgan fingerprint density at radius 1 is 1.35 bits per heavy atom. The van der Waals surface area contributed by atoms with Crippen LogP contribution in [-0.2, 0) is 0 Å². The zero-order chi connectivity index (χ0) is 12.3. The molecule has 1 fully saturated rings. The third kappa shape index (κ3) is 3.35. The zero-order valence-electron chi connectivity index (χ0n) is 11.4. The minimum Gasteiger partial charge on any atom is -0.356 e. The molecule has 2 rings (SSSR count). The van der Waals surface area contributed by atoms with E-state index in [0.29, 0.717) is 0 Å². The molecule has 0 atom stereocenters. The van der Waals surface area contributed by atoms with E-state index in [4.69, 9.17) is 0 Å². The molecule has 2 aliphatic rings. The molecule has 0 unspecified atom stereocenters. The molecule has 0 bridgehead atoms. The Balaban J connectivity index is 1.81. The van der Waals surface area contributed by atoms with E-state index in [-0.39, 0.29) is 5.54 Å². The Bertz CT molecular complexity index is 274. The number of hydrogen-bond acceptors (Lipinski definition) is 4. The highest BCUT2D eigenvalue weighted by Gasteiger charge is 2.28. The van der Waals surface area contributed by atoms with Crippen molar-refractivity contribution in [1.29, 1.82) is 0 Å². The average molecular weight is 238 g/mol. The van der Waals surface area contributed by atoms with Gasteiger partial charge in [0.2, 0.25) is 0 Å². The van der Waals surface area contributed by atoms with E-state index in [1.807, 2.05) is 0 Å². The minimum absolute atomic E-state index is 0.177. The third-order valence-electron chi connectivity index (χ3n) is 3.66. The topological polar surface area (TPSA) is 39.7 Å². The Kier molecular flexibility index (Phi) is 3.92. The van der Waals surface area contributed by atoms with E-state index in [9.17, 15) is 0 Å². The van der Waals surface area contributed by atoms with Gasteiger partial charge in [0.1, 0.15) is 0 Å². The fraction of sp³-hybridized carbons (Fsp3) is 0.923. The monoisotopic (exact) mass is 238 g/mol. The van der Waals surface area contributed by atoms with Crippen LogP contribution in [0.15, 0.2) is 4.99 Å². The van der Waals surface area contributed by atoms with Crippen LogP contribution in [0.5, 0.6) is 0 Å². The lowest BCUT2D eigenvalue weighted by molar-refractivity contribution is 0.247. The van der Waals surface area contributed by atoms with Gasteiger partial charge >= 0.3 is 0 Å². The summed E-state index contributed by atoms with van der Waals surface area (Å²) in [5.41, 5.74) is 0.177. The number of rotatable bonds is 2. The lowest BCUT2D eigenvalue weighted by Gasteiger charge is -2.35. The third-order valence-corrected chi connectivity index (χ3v) is 3.66. The maximum Gasteiger partial charge on any atom is 0.194 e. The van der Waals surface area contributed by atoms with Crippen LogP contribution in [0, 0.1) is 5.92 Å². The van der Waals surface area contributed by atoms with Gasteiger partial charge in [-0.1, -0.05) is 0 Å². The number of guanidine groups is 1. The van der Waals surface area contributed by atoms with Crippen LogP contribution in [0.4, 0.5) is 0 Å². The Morgan fingerprint density at radius 2 is 2.06 bits per heavy atom. The SMILES string of the molecule is CC(C)(C)N1CCN=C1NCC1CCNCC1. The van der Waals surface area contributed by atoms with Crippen molar-refractivity contribution in [2.24, 2.45) is 10.9 Å². The first-order valence-corrected chi connectivity index (χ1v) is 6.84. The quantitative estimate of drug-likeness (QED) is 0.755. The average Bonchev–Trinajstić information content (AvgIpc) is 2.75. The van der Waals surface area contributed by atoms with E-state index in [1.54, 1.807) is 0 Å². The largest absolute Gasteiger partial charge is 0.356 e. The van der Waals surface area contributed by atoms with Crippen LogP contribution < -0.4 is 10.6 Å². The van der Waals surface area contributed by atoms with Crippen LogP contribution in [0.1, 0.15) is 33.6 Å². The molecular formula is C13H26N4. The van der Waals surface area contributed by atoms with Gasteiger partial charge < -0.3 is 15.5 Å². The molecular weight excluding hydrogens is 212 g/mol. The number of piperidine rings is 1. The van der Waals surface area contributed by atoms with E-state index >= 15 is 0 Å². The van der Waals surface area contributed by atoms with Gasteiger partial charge in [0.25, 0.3) is 0 Å². The fourth-order valence-electron chi connectivity index (χ4n) is 2.57. The molecule has 0 aromatic rings. The van der Waals surface area contributed by atoms with Gasteiger partial charge in [-0.25, -0.2) is 0 Å². The molecule has 0 spiro atoms. The van der Waals surface area contributed by atoms with Crippen molar-refractivity contribution in [1.82, 2.24) is 15.5 Å². The van der Waals surface area contributed by atoms with Crippen LogP contribution in [0.2, 0.25) is 0 Å². The van der Waals surface area contributed by atoms with Crippen molar-refractivity contribution in [2.75, 3.05) is 32.7 Å². The van der Waals surface area contributed by atoms with Crippen molar-refractivity contribution in [3.63, 3.8) is 0 Å². The van der Waals surface area contributed by atoms with Gasteiger partial charge in [0.15, 0.2) is 5.96 Å². The lowest BCUT2D eigenvalue weighted by Crippen LogP contribution is -2.50. The summed E-state index contributed by atoms with van der Waals surface area (Å²) in [4.78, 5) is 6.97. The molecule has 0 aromatic carbocycles. The zero-order valence-corrected chi connectivity index (χ0v) is 11.4. The van der Waals surface area contributed by atoms with Gasteiger partial charge in [0.05, 0.1) is 6.54 Å². The highest BCUT2D eigenvalue weighted by molar-refractivity contribution is 5.82. The summed E-state index contributed by atoms with van der Waals surface area (Å²) >= 11 is 0. The molecule has 2 heterocycles. The number of aliphatic imine (C=N–C) groups is 1. The second kappa shape index (κ2) is 5.25. The Hall–Kier alpha value is -0.770. The summed E-state index contributed by atoms with van der Waals surface area (Å²) in [6, 6.07) is 0. The van der Waals surface area contributed by atoms with Crippen molar-refractivity contribution < 1.29 is 0 Å². The molecule has 0 saturated carbocycles. The van der Waals surface area contributed by atoms with E-state index in [0.717, 1.165) is 31.5 Å². The Morgan fingerprint density at radius 3 is 2.71 bits per heavy atom. The smallest absolute Gasteiger partial charge is 0.194 e. The van der Waals surface area contributed by atoms with Gasteiger partial charge in [-0.3, -0.25) is 4.99 Å². The summed E-state index contributed by atoms with van der Waals surface area (Å²) in [5.74, 6) is 1.91. The van der Waals surface area contributed by atoms with Crippen LogP contribution >= 0.6 is 0 Å². The molecule has 0 aromatic heterocycles. The van der Waals surface area contributed by atoms with Crippen molar-refractivity contribution in [3.8, 4) is 0 Å². The van der Waals surface area contributed by atoms with Gasteiger partial charge in [-0.15, -0.1) is 0 Å². The molecule has 0 aliphatic carbocycles. The van der Waals surface area contributed by atoms with Crippen molar-refractivity contribution in [3.05, 3.63) is 0 Å². The molecule has 0 amide bonds. The highest BCUT2D eigenvalue weighted by Crippen LogP contribution is 2.17. The predicted octanol–water partition coefficient (Wildman–Crippen LogP) is 1.05. The highest BCUT2D eigenvalue weighted by atomic mass is 15.4. The van der Waals surface area contributed by atoms with Gasteiger partial charge in [0, 0.05) is 18.6 Å². The molecule has 1 saturated heterocycles. The van der Waals surface area contributed by atoms with Crippen molar-refractivity contribution in [2.45, 2.75) is 39.2 Å². The van der Waals surface area contributed by atoms with E-state index < -0.39 is 0 Å². The number of nitrogens with one attached hydrogen (secondary N) is 2. The number of hydrogen-bond donors (Lipinski definition) is 2. The summed E-state index contributed by atoms with van der Waals surface area (Å²) in [5, 5.41) is 6.96. The van der Waals surface area contributed by atoms with Gasteiger partial charge in [-0.2, -0.15) is 0 Å². The van der Waals surface area contributed by atoms with Gasteiger partial charge in [-0.05, 0) is 52.6 Å². The predicted molar refractivity (Wildman–Crippen MR) is 72.4 cm³/mol. The maximum absolute atomic E-state index is 4.58. The first-order chi connectivity index (χ1) is 8.07. The van der Waals surface area contributed by atoms with E-state index in [1.165, 1.54) is 25.9 Å². The second-order valence-electron chi connectivity index (χ2n) is 6.10. The van der Waals surface area contributed by atoms with Crippen LogP contribution in [-0.4, -0.2) is 49.1 Å². The summed E-state index contributed by atoms with van der Waals surface area (Å²) in [6.45, 7) is 12.2. The van der Waals surface area contributed by atoms with Crippen LogP contribution in [0.3, 0.4) is 0 Å². The molecule has 98 valence electrons. The molecule has 17 heavy (non-hydrogen) atoms. The molecule has 4 nitrogen and oxygen atoms in total. The fourth-order valence-corrected chi connectivity index (χ4v) is 2.57. The summed E-state index contributed by atoms with van der Waals surface area (Å²) in [6.07, 6.45) is 2.57. The molecule has 0 radical (unpaired) electrons. The Labute approximate surface area is 105 Å². The number of nitrogens with zero attached hydrogens (tertiary/aromatic N) is 2. The van der Waals surface area contributed by atoms with E-state index in [2.05, 4.69) is 41.3 Å². The first kappa shape index (κ1) is 12.7. The summed E-state index contributed by atoms with van der Waals surface area (Å²) < 4.78 is 0. The summed E-state index contributed by atoms with van der Waals surface area (Å²) in [7, 11) is 0. The van der Waals surface area contributed by atoms with Crippen molar-refractivity contribution >= 4 is 5.96 Å². The molecule has 2 N–H and O–H groups in total. The minimum atomic E-state index is 0.177. The molecule has 2 aliphatic heterocycles.